The van der Waals surface area contributed by atoms with Crippen LogP contribution in [0.2, 0.25) is 10.0 Å². The second-order valence-electron chi connectivity index (χ2n) is 5.32. The Balaban J connectivity index is 1.57. The van der Waals surface area contributed by atoms with Crippen LogP contribution in [0.5, 0.6) is 0 Å². The van der Waals surface area contributed by atoms with E-state index in [1.807, 2.05) is 0 Å². The van der Waals surface area contributed by atoms with E-state index < -0.39 is 5.82 Å². The Morgan fingerprint density at radius 1 is 1.24 bits per heavy atom. The summed E-state index contributed by atoms with van der Waals surface area (Å²) in [6, 6.07) is 6.14. The third kappa shape index (κ3) is 4.58. The summed E-state index contributed by atoms with van der Waals surface area (Å²) in [6.07, 6.45) is 5.02. The van der Waals surface area contributed by atoms with Crippen molar-refractivity contribution in [2.75, 3.05) is 5.32 Å². The van der Waals surface area contributed by atoms with E-state index >= 15 is 0 Å². The van der Waals surface area contributed by atoms with Gasteiger partial charge in [0.15, 0.2) is 5.82 Å². The van der Waals surface area contributed by atoms with Crippen molar-refractivity contribution < 1.29 is 9.18 Å². The number of aryl methyl sites for hydroxylation is 1. The average molecular weight is 382 g/mol. The Kier molecular flexibility index (Phi) is 5.35. The van der Waals surface area contributed by atoms with Crippen LogP contribution in [-0.4, -0.2) is 25.5 Å². The first kappa shape index (κ1) is 17.4. The molecule has 130 valence electrons. The molecule has 2 heterocycles. The number of halogens is 3. The van der Waals surface area contributed by atoms with Crippen LogP contribution >= 0.6 is 23.2 Å². The summed E-state index contributed by atoms with van der Waals surface area (Å²) in [5.41, 5.74) is 0.348. The lowest BCUT2D eigenvalue weighted by atomic mass is 10.2. The zero-order chi connectivity index (χ0) is 17.8. The lowest BCUT2D eigenvalue weighted by molar-refractivity contribution is -0.116. The monoisotopic (exact) mass is 381 g/mol. The quantitative estimate of drug-likeness (QED) is 0.709. The van der Waals surface area contributed by atoms with Gasteiger partial charge in [0.25, 0.3) is 0 Å². The highest BCUT2D eigenvalue weighted by atomic mass is 35.5. The predicted octanol–water partition coefficient (Wildman–Crippen LogP) is 3.60. The van der Waals surface area contributed by atoms with Crippen LogP contribution < -0.4 is 5.32 Å². The first-order valence-corrected chi connectivity index (χ1v) is 8.21. The van der Waals surface area contributed by atoms with Crippen molar-refractivity contribution in [3.8, 4) is 0 Å². The maximum Gasteiger partial charge on any atom is 0.227 e. The Morgan fingerprint density at radius 3 is 2.80 bits per heavy atom. The topological polar surface area (TPSA) is 64.7 Å². The molecule has 0 aliphatic rings. The van der Waals surface area contributed by atoms with Crippen LogP contribution in [0.1, 0.15) is 12.0 Å². The van der Waals surface area contributed by atoms with E-state index in [1.165, 1.54) is 16.9 Å². The number of anilines is 1. The molecule has 0 fully saturated rings. The third-order valence-corrected chi connectivity index (χ3v) is 4.01. The first-order valence-electron chi connectivity index (χ1n) is 7.45. The van der Waals surface area contributed by atoms with Crippen LogP contribution in [0.25, 0.3) is 0 Å². The van der Waals surface area contributed by atoms with Gasteiger partial charge in [-0.25, -0.2) is 4.39 Å². The molecule has 9 heteroatoms. The molecule has 1 N–H and O–H groups in total. The molecule has 0 spiro atoms. The molecule has 1 amide bonds. The number of nitrogens with one attached hydrogen (secondary N) is 1. The molecule has 25 heavy (non-hydrogen) atoms. The molecular weight excluding hydrogens is 368 g/mol. The molecule has 0 saturated carbocycles. The van der Waals surface area contributed by atoms with Gasteiger partial charge in [0.05, 0.1) is 17.8 Å². The van der Waals surface area contributed by atoms with E-state index in [2.05, 4.69) is 15.5 Å². The highest BCUT2D eigenvalue weighted by molar-refractivity contribution is 6.31. The van der Waals surface area contributed by atoms with Gasteiger partial charge in [0.2, 0.25) is 5.91 Å². The smallest absolute Gasteiger partial charge is 0.227 e. The molecule has 3 rings (SSSR count). The van der Waals surface area contributed by atoms with Gasteiger partial charge in [0.1, 0.15) is 5.82 Å². The van der Waals surface area contributed by atoms with Crippen molar-refractivity contribution in [3.05, 3.63) is 64.3 Å². The van der Waals surface area contributed by atoms with Crippen molar-refractivity contribution in [1.82, 2.24) is 19.6 Å². The van der Waals surface area contributed by atoms with Crippen molar-refractivity contribution in [2.45, 2.75) is 19.5 Å². The lowest BCUT2D eigenvalue weighted by Gasteiger charge is -2.06. The Morgan fingerprint density at radius 2 is 2.08 bits per heavy atom. The molecule has 0 bridgehead atoms. The summed E-state index contributed by atoms with van der Waals surface area (Å²) in [7, 11) is 0. The maximum absolute atomic E-state index is 13.8. The number of nitrogens with zero attached hydrogens (tertiary/aromatic N) is 4. The van der Waals surface area contributed by atoms with Gasteiger partial charge in [0, 0.05) is 42.0 Å². The van der Waals surface area contributed by atoms with Gasteiger partial charge in [-0.3, -0.25) is 14.2 Å². The summed E-state index contributed by atoms with van der Waals surface area (Å²) in [6.45, 7) is 0.581. The van der Waals surface area contributed by atoms with E-state index in [0.717, 1.165) is 0 Å². The summed E-state index contributed by atoms with van der Waals surface area (Å²) in [5, 5.41) is 11.7. The minimum absolute atomic E-state index is 0.174. The van der Waals surface area contributed by atoms with Crippen molar-refractivity contribution >= 4 is 34.9 Å². The summed E-state index contributed by atoms with van der Waals surface area (Å²) in [4.78, 5) is 12.0. The fourth-order valence-electron chi connectivity index (χ4n) is 2.24. The van der Waals surface area contributed by atoms with Gasteiger partial charge < -0.3 is 5.32 Å². The molecule has 0 radical (unpaired) electrons. The molecule has 0 aliphatic heterocycles. The fraction of sp³-hybridized carbons (Fsp3) is 0.188. The summed E-state index contributed by atoms with van der Waals surface area (Å²) in [5.74, 6) is -0.219. The largest absolute Gasteiger partial charge is 0.309 e. The Labute approximate surface area is 153 Å². The van der Waals surface area contributed by atoms with E-state index in [9.17, 15) is 9.18 Å². The van der Waals surface area contributed by atoms with Gasteiger partial charge in [-0.1, -0.05) is 29.3 Å². The predicted molar refractivity (Wildman–Crippen MR) is 93.2 cm³/mol. The second kappa shape index (κ2) is 7.67. The molecule has 1 aromatic carbocycles. The van der Waals surface area contributed by atoms with Crippen LogP contribution in [0, 0.1) is 5.82 Å². The zero-order valence-electron chi connectivity index (χ0n) is 13.0. The fourth-order valence-corrected chi connectivity index (χ4v) is 2.62. The Bertz CT molecular complexity index is 872. The normalized spacial score (nSPS) is 10.8. The molecule has 0 unspecified atom stereocenters. The SMILES string of the molecule is O=C(CCn1cc(Cl)cn1)Nc1ccn(Cc2c(F)cccc2Cl)n1. The molecule has 6 nitrogen and oxygen atoms in total. The number of hydrogen-bond donors (Lipinski definition) is 1. The molecule has 0 aliphatic carbocycles. The molecule has 0 atom stereocenters. The van der Waals surface area contributed by atoms with Crippen LogP contribution in [0.3, 0.4) is 0 Å². The molecule has 0 saturated heterocycles. The second-order valence-corrected chi connectivity index (χ2v) is 6.16. The average Bonchev–Trinajstić information content (AvgIpc) is 3.18. The molecular formula is C16H14Cl2FN5O. The highest BCUT2D eigenvalue weighted by Gasteiger charge is 2.10. The highest BCUT2D eigenvalue weighted by Crippen LogP contribution is 2.20. The van der Waals surface area contributed by atoms with E-state index in [1.54, 1.807) is 35.3 Å². The van der Waals surface area contributed by atoms with Gasteiger partial charge in [-0.2, -0.15) is 10.2 Å². The first-order chi connectivity index (χ1) is 12.0. The maximum atomic E-state index is 13.8. The van der Waals surface area contributed by atoms with Crippen LogP contribution in [-0.2, 0) is 17.9 Å². The van der Waals surface area contributed by atoms with Crippen molar-refractivity contribution in [3.63, 3.8) is 0 Å². The van der Waals surface area contributed by atoms with Gasteiger partial charge in [-0.15, -0.1) is 0 Å². The standard InChI is InChI=1S/C16H14Cl2FN5O/c17-11-8-20-23(9-11)7-5-16(25)21-15-4-6-24(22-15)10-12-13(18)2-1-3-14(12)19/h1-4,6,8-9H,5,7,10H2,(H,21,22,25). The minimum atomic E-state index is -0.397. The number of rotatable bonds is 6. The van der Waals surface area contributed by atoms with E-state index in [0.29, 0.717) is 28.0 Å². The molecule has 2 aromatic heterocycles. The van der Waals surface area contributed by atoms with Gasteiger partial charge >= 0.3 is 0 Å². The summed E-state index contributed by atoms with van der Waals surface area (Å²) < 4.78 is 16.9. The number of amides is 1. The van der Waals surface area contributed by atoms with Crippen molar-refractivity contribution in [1.29, 1.82) is 0 Å². The minimum Gasteiger partial charge on any atom is -0.309 e. The van der Waals surface area contributed by atoms with Gasteiger partial charge in [-0.05, 0) is 12.1 Å². The Hall–Kier alpha value is -2.38. The number of carbonyl (C=O) groups excluding carboxylic acids is 1. The number of aromatic nitrogens is 4. The van der Waals surface area contributed by atoms with Crippen LogP contribution in [0.4, 0.5) is 10.2 Å². The van der Waals surface area contributed by atoms with E-state index in [4.69, 9.17) is 23.2 Å². The zero-order valence-corrected chi connectivity index (χ0v) is 14.5. The summed E-state index contributed by atoms with van der Waals surface area (Å²) >= 11 is 11.8. The number of benzene rings is 1. The van der Waals surface area contributed by atoms with E-state index in [-0.39, 0.29) is 18.9 Å². The molecule has 3 aromatic rings. The number of carbonyl (C=O) groups is 1. The van der Waals surface area contributed by atoms with Crippen LogP contribution in [0.15, 0.2) is 42.9 Å². The third-order valence-electron chi connectivity index (χ3n) is 3.46. The lowest BCUT2D eigenvalue weighted by Crippen LogP contribution is -2.15. The number of hydrogen-bond acceptors (Lipinski definition) is 3. The van der Waals surface area contributed by atoms with Crippen molar-refractivity contribution in [2.24, 2.45) is 0 Å².